The molecule has 0 aliphatic heterocycles. The van der Waals surface area contributed by atoms with E-state index in [9.17, 15) is 4.79 Å². The number of aromatic nitrogens is 3. The number of amides is 1. The Bertz CT molecular complexity index is 741. The number of benzene rings is 1. The van der Waals surface area contributed by atoms with Crippen LogP contribution in [0.15, 0.2) is 29.4 Å². The lowest BCUT2D eigenvalue weighted by atomic mass is 9.89. The molecule has 0 saturated heterocycles. The van der Waals surface area contributed by atoms with Gasteiger partial charge in [-0.05, 0) is 31.9 Å². The molecule has 1 aliphatic rings. The molecule has 26 heavy (non-hydrogen) atoms. The van der Waals surface area contributed by atoms with E-state index in [0.717, 1.165) is 29.0 Å². The zero-order valence-electron chi connectivity index (χ0n) is 15.4. The molecule has 0 radical (unpaired) electrons. The molecule has 3 rings (SSSR count). The molecule has 0 unspecified atom stereocenters. The van der Waals surface area contributed by atoms with Gasteiger partial charge in [0.2, 0.25) is 5.91 Å². The third kappa shape index (κ3) is 4.58. The lowest BCUT2D eigenvalue weighted by Gasteiger charge is -2.21. The molecule has 1 N–H and O–H groups in total. The molecule has 140 valence electrons. The highest BCUT2D eigenvalue weighted by molar-refractivity contribution is 7.99. The second-order valence-electron chi connectivity index (χ2n) is 6.49. The fourth-order valence-electron chi connectivity index (χ4n) is 3.39. The molecular weight excluding hydrogens is 348 g/mol. The maximum atomic E-state index is 12.3. The Kier molecular flexibility index (Phi) is 6.55. The minimum atomic E-state index is -0.0619. The first kappa shape index (κ1) is 18.8. The van der Waals surface area contributed by atoms with E-state index in [-0.39, 0.29) is 5.91 Å². The second kappa shape index (κ2) is 9.07. The van der Waals surface area contributed by atoms with Crippen molar-refractivity contribution >= 4 is 23.4 Å². The summed E-state index contributed by atoms with van der Waals surface area (Å²) in [5, 5.41) is 12.5. The summed E-state index contributed by atoms with van der Waals surface area (Å²) in [6, 6.07) is 7.35. The van der Waals surface area contributed by atoms with Crippen LogP contribution in [0.3, 0.4) is 0 Å². The molecule has 0 atom stereocenters. The van der Waals surface area contributed by atoms with Crippen molar-refractivity contribution in [2.24, 2.45) is 0 Å². The van der Waals surface area contributed by atoms with Gasteiger partial charge in [0.25, 0.3) is 0 Å². The Morgan fingerprint density at radius 2 is 2.12 bits per heavy atom. The summed E-state index contributed by atoms with van der Waals surface area (Å²) >= 11 is 1.44. The lowest BCUT2D eigenvalue weighted by Crippen LogP contribution is -2.15. The Labute approximate surface area is 158 Å². The summed E-state index contributed by atoms with van der Waals surface area (Å²) in [4.78, 5) is 12.3. The topological polar surface area (TPSA) is 69.0 Å². The first-order valence-corrected chi connectivity index (χ1v) is 10.2. The van der Waals surface area contributed by atoms with E-state index in [0.29, 0.717) is 11.7 Å². The average molecular weight is 375 g/mol. The second-order valence-corrected chi connectivity index (χ2v) is 7.43. The van der Waals surface area contributed by atoms with E-state index in [1.807, 2.05) is 18.2 Å². The Morgan fingerprint density at radius 1 is 1.31 bits per heavy atom. The van der Waals surface area contributed by atoms with E-state index < -0.39 is 0 Å². The summed E-state index contributed by atoms with van der Waals surface area (Å²) in [6.07, 6.45) is 6.25. The van der Waals surface area contributed by atoms with Gasteiger partial charge in [0.15, 0.2) is 5.16 Å². The molecule has 1 heterocycles. The monoisotopic (exact) mass is 374 g/mol. The van der Waals surface area contributed by atoms with Crippen LogP contribution in [0, 0.1) is 0 Å². The number of carbonyl (C=O) groups is 1. The third-order valence-electron chi connectivity index (χ3n) is 4.72. The van der Waals surface area contributed by atoms with Crippen LogP contribution in [-0.4, -0.2) is 33.5 Å². The molecule has 2 aromatic rings. The van der Waals surface area contributed by atoms with E-state index in [1.165, 1.54) is 43.9 Å². The largest absolute Gasteiger partial charge is 0.497 e. The predicted molar refractivity (Wildman–Crippen MR) is 104 cm³/mol. The first-order valence-electron chi connectivity index (χ1n) is 9.21. The molecule has 1 amide bonds. The molecule has 0 spiro atoms. The maximum absolute atomic E-state index is 12.3. The van der Waals surface area contributed by atoms with Gasteiger partial charge in [0.05, 0.1) is 12.9 Å². The summed E-state index contributed by atoms with van der Waals surface area (Å²) in [5.74, 6) is 2.56. The van der Waals surface area contributed by atoms with Crippen LogP contribution in [0.5, 0.6) is 5.75 Å². The number of nitrogens with one attached hydrogen (secondary N) is 1. The van der Waals surface area contributed by atoms with Crippen molar-refractivity contribution in [2.75, 3.05) is 18.2 Å². The van der Waals surface area contributed by atoms with Crippen LogP contribution in [0.25, 0.3) is 0 Å². The van der Waals surface area contributed by atoms with E-state index in [2.05, 4.69) is 27.0 Å². The molecule has 1 aromatic heterocycles. The fourth-order valence-corrected chi connectivity index (χ4v) is 4.20. The van der Waals surface area contributed by atoms with Gasteiger partial charge >= 0.3 is 0 Å². The minimum Gasteiger partial charge on any atom is -0.497 e. The molecule has 1 aliphatic carbocycles. The van der Waals surface area contributed by atoms with Gasteiger partial charge < -0.3 is 14.6 Å². The van der Waals surface area contributed by atoms with Crippen LogP contribution >= 0.6 is 11.8 Å². The highest BCUT2D eigenvalue weighted by Gasteiger charge is 2.23. The zero-order chi connectivity index (χ0) is 18.4. The van der Waals surface area contributed by atoms with Crippen molar-refractivity contribution in [1.82, 2.24) is 14.8 Å². The third-order valence-corrected chi connectivity index (χ3v) is 5.68. The maximum Gasteiger partial charge on any atom is 0.234 e. The van der Waals surface area contributed by atoms with Crippen LogP contribution in [0.4, 0.5) is 5.69 Å². The molecule has 1 saturated carbocycles. The minimum absolute atomic E-state index is 0.0619. The predicted octanol–water partition coefficient (Wildman–Crippen LogP) is 4.09. The van der Waals surface area contributed by atoms with Gasteiger partial charge in [-0.1, -0.05) is 37.1 Å². The van der Waals surface area contributed by atoms with Crippen molar-refractivity contribution in [2.45, 2.75) is 56.6 Å². The summed E-state index contributed by atoms with van der Waals surface area (Å²) < 4.78 is 7.34. The number of thioether (sulfide) groups is 1. The van der Waals surface area contributed by atoms with Gasteiger partial charge in [-0.25, -0.2) is 0 Å². The smallest absolute Gasteiger partial charge is 0.234 e. The SMILES string of the molecule is CCn1c(SCC(=O)Nc2cccc(OC)c2)nnc1C1CCCCC1. The quantitative estimate of drug-likeness (QED) is 0.740. The Balaban J connectivity index is 1.60. The summed E-state index contributed by atoms with van der Waals surface area (Å²) in [7, 11) is 1.61. The zero-order valence-corrected chi connectivity index (χ0v) is 16.2. The van der Waals surface area contributed by atoms with E-state index in [1.54, 1.807) is 13.2 Å². The molecule has 7 heteroatoms. The number of ether oxygens (including phenoxy) is 1. The highest BCUT2D eigenvalue weighted by Crippen LogP contribution is 2.33. The fraction of sp³-hybridized carbons (Fsp3) is 0.526. The normalized spacial score (nSPS) is 15.0. The molecule has 0 bridgehead atoms. The van der Waals surface area contributed by atoms with E-state index >= 15 is 0 Å². The van der Waals surface area contributed by atoms with Crippen LogP contribution in [0.1, 0.15) is 50.8 Å². The van der Waals surface area contributed by atoms with Gasteiger partial charge in [0, 0.05) is 24.2 Å². The Morgan fingerprint density at radius 3 is 2.85 bits per heavy atom. The van der Waals surface area contributed by atoms with Crippen molar-refractivity contribution in [3.05, 3.63) is 30.1 Å². The van der Waals surface area contributed by atoms with Gasteiger partial charge in [-0.2, -0.15) is 0 Å². The van der Waals surface area contributed by atoms with Gasteiger partial charge in [0.1, 0.15) is 11.6 Å². The number of methoxy groups -OCH3 is 1. The van der Waals surface area contributed by atoms with Crippen molar-refractivity contribution in [1.29, 1.82) is 0 Å². The Hall–Kier alpha value is -2.02. The standard InChI is InChI=1S/C19H26N4O2S/c1-3-23-18(14-8-5-4-6-9-14)21-22-19(23)26-13-17(24)20-15-10-7-11-16(12-15)25-2/h7,10-12,14H,3-6,8-9,13H2,1-2H3,(H,20,24). The molecule has 6 nitrogen and oxygen atoms in total. The number of hydrogen-bond acceptors (Lipinski definition) is 5. The van der Waals surface area contributed by atoms with E-state index in [4.69, 9.17) is 4.74 Å². The van der Waals surface area contributed by atoms with Crippen molar-refractivity contribution < 1.29 is 9.53 Å². The number of hydrogen-bond donors (Lipinski definition) is 1. The van der Waals surface area contributed by atoms with Crippen LogP contribution in [0.2, 0.25) is 0 Å². The number of nitrogens with zero attached hydrogens (tertiary/aromatic N) is 3. The van der Waals surface area contributed by atoms with Crippen molar-refractivity contribution in [3.63, 3.8) is 0 Å². The lowest BCUT2D eigenvalue weighted by molar-refractivity contribution is -0.113. The highest BCUT2D eigenvalue weighted by atomic mass is 32.2. The van der Waals surface area contributed by atoms with Crippen LogP contribution < -0.4 is 10.1 Å². The molecule has 1 aromatic carbocycles. The first-order chi connectivity index (χ1) is 12.7. The van der Waals surface area contributed by atoms with Crippen molar-refractivity contribution in [3.8, 4) is 5.75 Å². The number of carbonyl (C=O) groups excluding carboxylic acids is 1. The molecule has 1 fully saturated rings. The number of anilines is 1. The average Bonchev–Trinajstić information content (AvgIpc) is 3.10. The van der Waals surface area contributed by atoms with Crippen LogP contribution in [-0.2, 0) is 11.3 Å². The molecular formula is C19H26N4O2S. The van der Waals surface area contributed by atoms with Gasteiger partial charge in [-0.15, -0.1) is 10.2 Å². The van der Waals surface area contributed by atoms with Gasteiger partial charge in [-0.3, -0.25) is 4.79 Å². The summed E-state index contributed by atoms with van der Waals surface area (Å²) in [5.41, 5.74) is 0.731. The summed E-state index contributed by atoms with van der Waals surface area (Å²) in [6.45, 7) is 2.94. The number of rotatable bonds is 7.